The van der Waals surface area contributed by atoms with Crippen molar-refractivity contribution in [2.24, 2.45) is 5.41 Å². The summed E-state index contributed by atoms with van der Waals surface area (Å²) in [5.74, 6) is 0. The first-order chi connectivity index (χ1) is 8.45. The Hall–Kier alpha value is -1.31. The minimum Gasteiger partial charge on any atom is -0.391 e. The van der Waals surface area contributed by atoms with Gasteiger partial charge in [-0.2, -0.15) is 0 Å². The fourth-order valence-corrected chi connectivity index (χ4v) is 1.86. The molecule has 0 amide bonds. The zero-order valence-corrected chi connectivity index (χ0v) is 12.5. The maximum Gasteiger partial charge on any atom is 0.120 e. The zero-order chi connectivity index (χ0) is 14.2. The Labute approximate surface area is 112 Å². The molecule has 2 nitrogen and oxygen atoms in total. The Bertz CT molecular complexity index is 352. The molecule has 0 aliphatic rings. The first-order valence-corrected chi connectivity index (χ1v) is 6.63. The number of carbonyl (C=O) groups is 1. The normalized spacial score (nSPS) is 16.1. The summed E-state index contributed by atoms with van der Waals surface area (Å²) in [7, 11) is 1.91. The highest BCUT2D eigenvalue weighted by atomic mass is 16.1. The summed E-state index contributed by atoms with van der Waals surface area (Å²) >= 11 is 0. The van der Waals surface area contributed by atoms with Crippen LogP contribution >= 0.6 is 0 Å². The van der Waals surface area contributed by atoms with Gasteiger partial charge in [0.2, 0.25) is 0 Å². The van der Waals surface area contributed by atoms with E-state index in [1.165, 1.54) is 5.57 Å². The second-order valence-corrected chi connectivity index (χ2v) is 4.92. The molecule has 0 aliphatic carbocycles. The summed E-state index contributed by atoms with van der Waals surface area (Å²) in [6.45, 7) is 12.4. The highest BCUT2D eigenvalue weighted by Gasteiger charge is 2.26. The predicted molar refractivity (Wildman–Crippen MR) is 79.4 cm³/mol. The second kappa shape index (κ2) is 7.91. The summed E-state index contributed by atoms with van der Waals surface area (Å²) in [4.78, 5) is 10.9. The van der Waals surface area contributed by atoms with Crippen LogP contribution in [0.15, 0.2) is 35.6 Å². The summed E-state index contributed by atoms with van der Waals surface area (Å²) in [5.41, 5.74) is 3.29. The van der Waals surface area contributed by atoms with Crippen LogP contribution in [0.2, 0.25) is 0 Å². The third-order valence-electron chi connectivity index (χ3n) is 3.68. The SMILES string of the molecule is C=C(/C=C\C(=C(/C)NC)C(C)(CC)CC=O)CC. The molecule has 0 heterocycles. The van der Waals surface area contributed by atoms with E-state index in [2.05, 4.69) is 44.8 Å². The number of hydrogen-bond donors (Lipinski definition) is 1. The first-order valence-electron chi connectivity index (χ1n) is 6.63. The van der Waals surface area contributed by atoms with E-state index in [1.54, 1.807) is 0 Å². The number of rotatable bonds is 8. The molecule has 0 aromatic rings. The van der Waals surface area contributed by atoms with E-state index in [-0.39, 0.29) is 5.41 Å². The monoisotopic (exact) mass is 249 g/mol. The van der Waals surface area contributed by atoms with Gasteiger partial charge in [-0.15, -0.1) is 0 Å². The van der Waals surface area contributed by atoms with Gasteiger partial charge >= 0.3 is 0 Å². The van der Waals surface area contributed by atoms with E-state index < -0.39 is 0 Å². The molecular formula is C16H27NO. The number of aldehydes is 1. The number of nitrogens with one attached hydrogen (secondary N) is 1. The van der Waals surface area contributed by atoms with Gasteiger partial charge in [-0.25, -0.2) is 0 Å². The number of carbonyl (C=O) groups excluding carboxylic acids is 1. The third-order valence-corrected chi connectivity index (χ3v) is 3.68. The zero-order valence-electron chi connectivity index (χ0n) is 12.5. The van der Waals surface area contributed by atoms with Gasteiger partial charge in [0, 0.05) is 24.6 Å². The highest BCUT2D eigenvalue weighted by molar-refractivity contribution is 5.53. The van der Waals surface area contributed by atoms with Gasteiger partial charge < -0.3 is 10.1 Å². The molecule has 0 radical (unpaired) electrons. The van der Waals surface area contributed by atoms with Crippen LogP contribution in [0.3, 0.4) is 0 Å². The molecule has 0 bridgehead atoms. The average Bonchev–Trinajstić information content (AvgIpc) is 2.38. The van der Waals surface area contributed by atoms with Crippen LogP contribution in [0.25, 0.3) is 0 Å². The Morgan fingerprint density at radius 3 is 2.33 bits per heavy atom. The second-order valence-electron chi connectivity index (χ2n) is 4.92. The molecule has 0 fully saturated rings. The lowest BCUT2D eigenvalue weighted by molar-refractivity contribution is -0.109. The molecule has 18 heavy (non-hydrogen) atoms. The Balaban J connectivity index is 5.43. The van der Waals surface area contributed by atoms with Crippen molar-refractivity contribution in [3.05, 3.63) is 35.6 Å². The van der Waals surface area contributed by atoms with Gasteiger partial charge in [-0.05, 0) is 25.3 Å². The van der Waals surface area contributed by atoms with Crippen LogP contribution in [0.5, 0.6) is 0 Å². The van der Waals surface area contributed by atoms with Crippen LogP contribution < -0.4 is 5.32 Å². The van der Waals surface area contributed by atoms with Crippen molar-refractivity contribution in [1.29, 1.82) is 0 Å². The lowest BCUT2D eigenvalue weighted by Gasteiger charge is -2.29. The van der Waals surface area contributed by atoms with E-state index in [0.29, 0.717) is 6.42 Å². The Kier molecular flexibility index (Phi) is 7.33. The Morgan fingerprint density at radius 2 is 1.94 bits per heavy atom. The highest BCUT2D eigenvalue weighted by Crippen LogP contribution is 2.36. The van der Waals surface area contributed by atoms with Crippen molar-refractivity contribution in [2.75, 3.05) is 7.05 Å². The molecule has 2 heteroatoms. The summed E-state index contributed by atoms with van der Waals surface area (Å²) < 4.78 is 0. The van der Waals surface area contributed by atoms with Crippen molar-refractivity contribution >= 4 is 6.29 Å². The van der Waals surface area contributed by atoms with Gasteiger partial charge in [-0.3, -0.25) is 0 Å². The molecule has 0 rings (SSSR count). The van der Waals surface area contributed by atoms with E-state index in [9.17, 15) is 4.79 Å². The molecule has 1 N–H and O–H groups in total. The van der Waals surface area contributed by atoms with Gasteiger partial charge in [0.05, 0.1) is 0 Å². The maximum absolute atomic E-state index is 10.9. The first kappa shape index (κ1) is 16.7. The summed E-state index contributed by atoms with van der Waals surface area (Å²) in [5, 5.41) is 3.19. The Morgan fingerprint density at radius 1 is 1.33 bits per heavy atom. The van der Waals surface area contributed by atoms with Crippen LogP contribution in [0.1, 0.15) is 47.0 Å². The van der Waals surface area contributed by atoms with E-state index in [1.807, 2.05) is 14.0 Å². The maximum atomic E-state index is 10.9. The van der Waals surface area contributed by atoms with Crippen LogP contribution in [0.4, 0.5) is 0 Å². The smallest absolute Gasteiger partial charge is 0.120 e. The van der Waals surface area contributed by atoms with E-state index in [4.69, 9.17) is 0 Å². The predicted octanol–water partition coefficient (Wildman–Crippen LogP) is 4.01. The van der Waals surface area contributed by atoms with E-state index in [0.717, 1.165) is 30.4 Å². The fraction of sp³-hybridized carbons (Fsp3) is 0.562. The van der Waals surface area contributed by atoms with E-state index >= 15 is 0 Å². The van der Waals surface area contributed by atoms with Crippen molar-refractivity contribution in [1.82, 2.24) is 5.32 Å². The standard InChI is InChI=1S/C16H27NO/c1-7-13(3)9-10-15(14(4)17-6)16(5,8-2)11-12-18/h9-10,12,17H,3,7-8,11H2,1-2,4-6H3/b10-9-,15-14-. The van der Waals surface area contributed by atoms with Crippen molar-refractivity contribution in [3.8, 4) is 0 Å². The van der Waals surface area contributed by atoms with Crippen LogP contribution in [0, 0.1) is 5.41 Å². The third kappa shape index (κ3) is 4.52. The van der Waals surface area contributed by atoms with Crippen molar-refractivity contribution < 1.29 is 4.79 Å². The number of hydrogen-bond acceptors (Lipinski definition) is 2. The van der Waals surface area contributed by atoms with Gasteiger partial charge in [0.25, 0.3) is 0 Å². The quantitative estimate of drug-likeness (QED) is 0.520. The van der Waals surface area contributed by atoms with Crippen LogP contribution in [-0.4, -0.2) is 13.3 Å². The largest absolute Gasteiger partial charge is 0.391 e. The minimum absolute atomic E-state index is 0.112. The van der Waals surface area contributed by atoms with Crippen LogP contribution in [-0.2, 0) is 4.79 Å². The van der Waals surface area contributed by atoms with Gasteiger partial charge in [-0.1, -0.05) is 45.1 Å². The van der Waals surface area contributed by atoms with Crippen molar-refractivity contribution in [2.45, 2.75) is 47.0 Å². The molecule has 0 aromatic carbocycles. The molecule has 0 aliphatic heterocycles. The summed E-state index contributed by atoms with van der Waals surface area (Å²) in [6.07, 6.45) is 7.58. The molecule has 1 unspecified atom stereocenters. The topological polar surface area (TPSA) is 29.1 Å². The molecule has 0 aromatic heterocycles. The summed E-state index contributed by atoms with van der Waals surface area (Å²) in [6, 6.07) is 0. The lowest BCUT2D eigenvalue weighted by Crippen LogP contribution is -2.22. The number of allylic oxidation sites excluding steroid dienone is 5. The lowest BCUT2D eigenvalue weighted by atomic mass is 9.76. The minimum atomic E-state index is -0.112. The molecule has 102 valence electrons. The molecule has 0 saturated heterocycles. The van der Waals surface area contributed by atoms with Gasteiger partial charge in [0.1, 0.15) is 6.29 Å². The molecule has 0 spiro atoms. The molecule has 0 saturated carbocycles. The molecule has 1 atom stereocenters. The fourth-order valence-electron chi connectivity index (χ4n) is 1.86. The average molecular weight is 249 g/mol. The van der Waals surface area contributed by atoms with Crippen molar-refractivity contribution in [3.63, 3.8) is 0 Å². The van der Waals surface area contributed by atoms with Gasteiger partial charge in [0.15, 0.2) is 0 Å². The molecular weight excluding hydrogens is 222 g/mol.